The van der Waals surface area contributed by atoms with Crippen molar-refractivity contribution in [3.05, 3.63) is 63.5 Å². The largest absolute Gasteiger partial charge is 0.452 e. The smallest absolute Gasteiger partial charge is 0.339 e. The van der Waals surface area contributed by atoms with E-state index in [4.69, 9.17) is 9.72 Å². The number of hydrogen-bond donors (Lipinski definition) is 0. The third kappa shape index (κ3) is 5.68. The Kier molecular flexibility index (Phi) is 7.68. The fourth-order valence-corrected chi connectivity index (χ4v) is 7.82. The van der Waals surface area contributed by atoms with Crippen LogP contribution in [0.4, 0.5) is 0 Å². The Morgan fingerprint density at radius 3 is 2.71 bits per heavy atom. The van der Waals surface area contributed by atoms with E-state index >= 15 is 0 Å². The van der Waals surface area contributed by atoms with Gasteiger partial charge in [-0.1, -0.05) is 38.1 Å². The van der Waals surface area contributed by atoms with Crippen molar-refractivity contribution in [1.82, 2.24) is 9.88 Å². The molecule has 1 aromatic carbocycles. The predicted octanol–water partition coefficient (Wildman–Crippen LogP) is 5.00. The van der Waals surface area contributed by atoms with Crippen LogP contribution in [-0.4, -0.2) is 60.9 Å². The second-order valence-corrected chi connectivity index (χ2v) is 13.7. The number of benzene rings is 1. The van der Waals surface area contributed by atoms with Crippen LogP contribution in [0, 0.1) is 5.92 Å². The molecule has 1 saturated heterocycles. The molecule has 0 saturated carbocycles. The highest BCUT2D eigenvalue weighted by atomic mass is 32.2. The van der Waals surface area contributed by atoms with Gasteiger partial charge in [0.15, 0.2) is 16.4 Å². The number of amides is 1. The number of pyridine rings is 1. The Morgan fingerprint density at radius 1 is 1.18 bits per heavy atom. The third-order valence-electron chi connectivity index (χ3n) is 7.09. The summed E-state index contributed by atoms with van der Waals surface area (Å²) in [6.45, 7) is 3.95. The van der Waals surface area contributed by atoms with Crippen LogP contribution in [0.25, 0.3) is 22.6 Å². The number of thiophene rings is 1. The maximum absolute atomic E-state index is 13.6. The van der Waals surface area contributed by atoms with Crippen molar-refractivity contribution in [2.75, 3.05) is 24.7 Å². The van der Waals surface area contributed by atoms with E-state index in [0.717, 1.165) is 34.5 Å². The molecular formula is C29H32N2O5S2. The number of allylic oxidation sites excluding steroid dienone is 1. The Balaban J connectivity index is 1.44. The Bertz CT molecular complexity index is 1490. The van der Waals surface area contributed by atoms with Gasteiger partial charge >= 0.3 is 5.97 Å². The van der Waals surface area contributed by atoms with Gasteiger partial charge in [0, 0.05) is 22.8 Å². The van der Waals surface area contributed by atoms with Gasteiger partial charge in [0.2, 0.25) is 0 Å². The number of fused-ring (bicyclic) bond motifs is 2. The van der Waals surface area contributed by atoms with Crippen LogP contribution in [0.1, 0.15) is 59.6 Å². The minimum atomic E-state index is -3.16. The van der Waals surface area contributed by atoms with Crippen molar-refractivity contribution in [2.45, 2.75) is 45.6 Å². The van der Waals surface area contributed by atoms with Crippen molar-refractivity contribution in [3.8, 4) is 0 Å². The lowest BCUT2D eigenvalue weighted by molar-refractivity contribution is -0.137. The zero-order valence-electron chi connectivity index (χ0n) is 21.7. The number of sulfone groups is 1. The topological polar surface area (TPSA) is 93.6 Å². The van der Waals surface area contributed by atoms with Crippen molar-refractivity contribution in [1.29, 1.82) is 0 Å². The van der Waals surface area contributed by atoms with Gasteiger partial charge in [0.1, 0.15) is 0 Å². The summed E-state index contributed by atoms with van der Waals surface area (Å²) in [5.41, 5.74) is 3.95. The number of hydrogen-bond acceptors (Lipinski definition) is 7. The summed E-state index contributed by atoms with van der Waals surface area (Å²) in [5.74, 6) is -0.715. The molecule has 38 heavy (non-hydrogen) atoms. The zero-order chi connectivity index (χ0) is 26.9. The molecule has 3 aromatic rings. The molecule has 2 aliphatic rings. The van der Waals surface area contributed by atoms with Crippen LogP contribution in [0.3, 0.4) is 0 Å². The zero-order valence-corrected chi connectivity index (χ0v) is 23.3. The lowest BCUT2D eigenvalue weighted by Gasteiger charge is -2.30. The van der Waals surface area contributed by atoms with Crippen molar-refractivity contribution < 1.29 is 22.7 Å². The highest BCUT2D eigenvalue weighted by Gasteiger charge is 2.35. The summed E-state index contributed by atoms with van der Waals surface area (Å²) in [5, 5.41) is 2.75. The summed E-state index contributed by atoms with van der Waals surface area (Å²) in [4.78, 5) is 34.5. The van der Waals surface area contributed by atoms with Crippen molar-refractivity contribution in [2.24, 2.45) is 5.92 Å². The summed E-state index contributed by atoms with van der Waals surface area (Å²) in [6.07, 6.45) is 5.02. The lowest BCUT2D eigenvalue weighted by atomic mass is 9.86. The molecule has 2 aromatic heterocycles. The van der Waals surface area contributed by atoms with Crippen LogP contribution in [0.5, 0.6) is 0 Å². The first-order valence-electron chi connectivity index (χ1n) is 13.0. The molecule has 3 heterocycles. The summed E-state index contributed by atoms with van der Waals surface area (Å²) in [6, 6.07) is 11.2. The van der Waals surface area contributed by atoms with E-state index in [1.807, 2.05) is 49.6 Å². The molecule has 5 rings (SSSR count). The molecule has 1 aliphatic carbocycles. The Labute approximate surface area is 227 Å². The van der Waals surface area contributed by atoms with E-state index in [2.05, 4.69) is 12.1 Å². The number of carbonyl (C=O) groups is 2. The van der Waals surface area contributed by atoms with Gasteiger partial charge in [0.25, 0.3) is 5.91 Å². The second kappa shape index (κ2) is 11.0. The molecule has 7 nitrogen and oxygen atoms in total. The quantitative estimate of drug-likeness (QED) is 0.383. The van der Waals surface area contributed by atoms with Gasteiger partial charge in [-0.2, -0.15) is 0 Å². The van der Waals surface area contributed by atoms with Crippen LogP contribution in [0.2, 0.25) is 0 Å². The van der Waals surface area contributed by atoms with Crippen LogP contribution in [0.15, 0.2) is 41.8 Å². The minimum absolute atomic E-state index is 0.0404. The highest BCUT2D eigenvalue weighted by Crippen LogP contribution is 2.37. The van der Waals surface area contributed by atoms with Crippen molar-refractivity contribution in [3.63, 3.8) is 0 Å². The van der Waals surface area contributed by atoms with E-state index in [1.54, 1.807) is 16.2 Å². The fraction of sp³-hybridized carbons (Fsp3) is 0.414. The van der Waals surface area contributed by atoms with Crippen LogP contribution >= 0.6 is 11.3 Å². The molecule has 1 fully saturated rings. The molecule has 9 heteroatoms. The summed E-state index contributed by atoms with van der Waals surface area (Å²) in [7, 11) is -3.16. The average Bonchev–Trinajstić information content (AvgIpc) is 3.53. The first-order valence-corrected chi connectivity index (χ1v) is 15.7. The van der Waals surface area contributed by atoms with Crippen LogP contribution < -0.4 is 0 Å². The fourth-order valence-electron chi connectivity index (χ4n) is 5.40. The normalized spacial score (nSPS) is 19.6. The van der Waals surface area contributed by atoms with Crippen molar-refractivity contribution >= 4 is 55.6 Å². The number of para-hydroxylation sites is 1. The van der Waals surface area contributed by atoms with Gasteiger partial charge < -0.3 is 9.64 Å². The number of rotatable bonds is 7. The highest BCUT2D eigenvalue weighted by molar-refractivity contribution is 7.91. The maximum atomic E-state index is 13.6. The number of esters is 1. The molecule has 0 spiro atoms. The molecule has 0 N–H and O–H groups in total. The van der Waals surface area contributed by atoms with E-state index < -0.39 is 22.4 Å². The van der Waals surface area contributed by atoms with E-state index in [-0.39, 0.29) is 29.4 Å². The SMILES string of the molecule is CC(C)CN(C(=O)COC(=O)c1c2c(nc3ccccc13)/C(=C/c1cccs1)CCC2)[C@H]1CCS(=O)(=O)C1. The lowest BCUT2D eigenvalue weighted by Crippen LogP contribution is -2.45. The molecular weight excluding hydrogens is 520 g/mol. The molecule has 1 atom stereocenters. The third-order valence-corrected chi connectivity index (χ3v) is 9.66. The number of ether oxygens (including phenoxy) is 1. The summed E-state index contributed by atoms with van der Waals surface area (Å²) >= 11 is 1.66. The first kappa shape index (κ1) is 26.6. The standard InChI is InChI=1S/C29H32N2O5S2/c1-19(2)16-31(21-12-14-38(34,35)18-21)26(32)17-36-29(33)27-23-9-3-4-11-25(23)30-28-20(7-5-10-24(27)28)15-22-8-6-13-37-22/h3-4,6,8-9,11,13,15,19,21H,5,7,10,12,14,16-18H2,1-2H3/b20-15+/t21-/m0/s1. The van der Waals surface area contributed by atoms with E-state index in [1.165, 1.54) is 0 Å². The average molecular weight is 553 g/mol. The Morgan fingerprint density at radius 2 is 2.00 bits per heavy atom. The molecule has 1 aliphatic heterocycles. The summed E-state index contributed by atoms with van der Waals surface area (Å²) < 4.78 is 29.8. The number of aromatic nitrogens is 1. The number of carbonyl (C=O) groups excluding carboxylic acids is 2. The predicted molar refractivity (Wildman–Crippen MR) is 151 cm³/mol. The Hall–Kier alpha value is -3.04. The van der Waals surface area contributed by atoms with Crippen LogP contribution in [-0.2, 0) is 25.8 Å². The molecule has 0 radical (unpaired) electrons. The maximum Gasteiger partial charge on any atom is 0.339 e. The first-order chi connectivity index (χ1) is 18.2. The van der Waals surface area contributed by atoms with Gasteiger partial charge in [-0.05, 0) is 66.3 Å². The van der Waals surface area contributed by atoms with E-state index in [9.17, 15) is 18.0 Å². The number of nitrogens with zero attached hydrogens (tertiary/aromatic N) is 2. The molecule has 0 bridgehead atoms. The van der Waals surface area contributed by atoms with Gasteiger partial charge in [-0.25, -0.2) is 18.2 Å². The molecule has 200 valence electrons. The van der Waals surface area contributed by atoms with Gasteiger partial charge in [-0.3, -0.25) is 4.79 Å². The monoisotopic (exact) mass is 552 g/mol. The second-order valence-electron chi connectivity index (χ2n) is 10.4. The minimum Gasteiger partial charge on any atom is -0.452 e. The molecule has 1 amide bonds. The van der Waals surface area contributed by atoms with E-state index in [0.29, 0.717) is 35.9 Å². The van der Waals surface area contributed by atoms with Gasteiger partial charge in [0.05, 0.1) is 28.3 Å². The van der Waals surface area contributed by atoms with Gasteiger partial charge in [-0.15, -0.1) is 11.3 Å². The molecule has 0 unspecified atom stereocenters.